The normalized spacial score (nSPS) is 18.8. The second-order valence-electron chi connectivity index (χ2n) is 22.6. The molecule has 3 aliphatic rings. The number of nitrogens with one attached hydrogen (secondary N) is 7. The van der Waals surface area contributed by atoms with E-state index < -0.39 is 145 Å². The van der Waals surface area contributed by atoms with Crippen molar-refractivity contribution in [1.29, 1.82) is 0 Å². The molecule has 3 fully saturated rings. The first-order chi connectivity index (χ1) is 43.0. The van der Waals surface area contributed by atoms with Gasteiger partial charge in [0.1, 0.15) is 54.4 Å². The number of carboxylic acids is 1. The highest BCUT2D eigenvalue weighted by molar-refractivity contribution is 5.99. The van der Waals surface area contributed by atoms with Crippen LogP contribution < -0.4 is 65.9 Å². The standard InChI is InChI=1S/C59H89N17O14/c1-3-34(2)47(60)53(85)72-41(32-77)50(82)69-37(19-10-24-65-58(61)62)54(86)76-28-14-23-45(76)56(88)75-27-12-21-43(75)51(83)67-31-46(79)68-39(29-35-15-6-4-7-16-35)48(80)73-42(33-78)55(87)74-26-13-22-44(74)52(84)71-40(30-36-17-8-5-9-18-36)49(81)70-38(57(89)90)20-11-25-66-59(63)64/h4-9,15-18,34,37-45,47,77-78H,3,10-14,19-33,60H2,1-2H3,(H,67,83)(H,68,79)(H,69,82)(H,70,81)(H,71,84)(H,72,85)(H,73,80)(H,89,90)(H4,61,62,65)(H4,63,64,66)/t34-,37-,38-,39-,40-,41-,42-,43+,44+,45+,47-/m0/s1. The number of aliphatic hydroxyl groups excluding tert-OH is 2. The summed E-state index contributed by atoms with van der Waals surface area (Å²) in [6.45, 7) is 1.65. The van der Waals surface area contributed by atoms with Gasteiger partial charge < -0.3 is 95.9 Å². The van der Waals surface area contributed by atoms with Crippen LogP contribution in [0.3, 0.4) is 0 Å². The minimum atomic E-state index is -1.63. The second kappa shape index (κ2) is 35.9. The fraction of sp³-hybridized carbons (Fsp3) is 0.576. The summed E-state index contributed by atoms with van der Waals surface area (Å²) in [5, 5.41) is 48.6. The van der Waals surface area contributed by atoms with Gasteiger partial charge in [-0.15, -0.1) is 0 Å². The lowest BCUT2D eigenvalue weighted by Gasteiger charge is -2.33. The predicted octanol–water partition coefficient (Wildman–Crippen LogP) is -4.98. The third-order valence-corrected chi connectivity index (χ3v) is 16.1. The molecule has 2 aromatic rings. The van der Waals surface area contributed by atoms with Gasteiger partial charge in [-0.1, -0.05) is 80.9 Å². The van der Waals surface area contributed by atoms with Gasteiger partial charge in [0.15, 0.2) is 11.9 Å². The maximum absolute atomic E-state index is 14.4. The fourth-order valence-electron chi connectivity index (χ4n) is 10.9. The van der Waals surface area contributed by atoms with Gasteiger partial charge >= 0.3 is 5.97 Å². The number of hydrogen-bond donors (Lipinski definition) is 15. The molecule has 10 amide bonds. The number of carboxylic acid groups (broad SMARTS) is 1. The van der Waals surface area contributed by atoms with Crippen LogP contribution in [0.15, 0.2) is 70.6 Å². The van der Waals surface area contributed by atoms with E-state index in [9.17, 15) is 68.1 Å². The van der Waals surface area contributed by atoms with Gasteiger partial charge in [0.2, 0.25) is 59.1 Å². The van der Waals surface area contributed by atoms with Gasteiger partial charge in [-0.3, -0.25) is 57.9 Å². The smallest absolute Gasteiger partial charge is 0.326 e. The quantitative estimate of drug-likeness (QED) is 0.0177. The summed E-state index contributed by atoms with van der Waals surface area (Å²) in [7, 11) is 0. The Morgan fingerprint density at radius 2 is 0.978 bits per heavy atom. The highest BCUT2D eigenvalue weighted by Crippen LogP contribution is 2.27. The number of nitrogens with two attached hydrogens (primary N) is 5. The average molecular weight is 1260 g/mol. The first-order valence-corrected chi connectivity index (χ1v) is 30.4. The van der Waals surface area contributed by atoms with Crippen LogP contribution >= 0.6 is 0 Å². The van der Waals surface area contributed by atoms with E-state index in [4.69, 9.17) is 28.7 Å². The second-order valence-corrected chi connectivity index (χ2v) is 22.6. The number of amides is 10. The third kappa shape index (κ3) is 21.4. The van der Waals surface area contributed by atoms with E-state index in [-0.39, 0.29) is 108 Å². The van der Waals surface area contributed by atoms with Crippen molar-refractivity contribution in [2.45, 2.75) is 158 Å². The highest BCUT2D eigenvalue weighted by atomic mass is 16.4. The van der Waals surface area contributed by atoms with Crippen LogP contribution in [0, 0.1) is 5.92 Å². The number of hydrogen-bond acceptors (Lipinski definition) is 16. The van der Waals surface area contributed by atoms with Crippen molar-refractivity contribution in [3.63, 3.8) is 0 Å². The maximum atomic E-state index is 14.4. The Morgan fingerprint density at radius 3 is 1.49 bits per heavy atom. The summed E-state index contributed by atoms with van der Waals surface area (Å²) in [5.41, 5.74) is 29.0. The van der Waals surface area contributed by atoms with Gasteiger partial charge in [-0.05, 0) is 81.3 Å². The molecule has 0 saturated carbocycles. The van der Waals surface area contributed by atoms with Crippen LogP contribution in [0.1, 0.15) is 95.6 Å². The van der Waals surface area contributed by atoms with Crippen molar-refractivity contribution in [3.8, 4) is 0 Å². The van der Waals surface area contributed by atoms with Crippen LogP contribution in [0.5, 0.6) is 0 Å². The first kappa shape index (κ1) is 71.8. The van der Waals surface area contributed by atoms with Gasteiger partial charge in [-0.25, -0.2) is 4.79 Å². The van der Waals surface area contributed by atoms with Crippen LogP contribution in [-0.4, -0.2) is 220 Å². The largest absolute Gasteiger partial charge is 0.480 e. The molecule has 2 aromatic carbocycles. The van der Waals surface area contributed by atoms with Crippen LogP contribution in [0.2, 0.25) is 0 Å². The molecule has 0 spiro atoms. The molecule has 3 saturated heterocycles. The number of rotatable bonds is 34. The number of benzene rings is 2. The number of aliphatic imine (C=N–C) groups is 2. The zero-order valence-electron chi connectivity index (χ0n) is 50.9. The Balaban J connectivity index is 1.23. The number of aliphatic hydroxyl groups is 2. The van der Waals surface area contributed by atoms with Crippen molar-refractivity contribution >= 4 is 77.0 Å². The fourth-order valence-corrected chi connectivity index (χ4v) is 10.9. The van der Waals surface area contributed by atoms with Crippen molar-refractivity contribution < 1.29 is 68.1 Å². The Labute approximate surface area is 521 Å². The van der Waals surface area contributed by atoms with Gasteiger partial charge in [0, 0.05) is 45.6 Å². The van der Waals surface area contributed by atoms with E-state index in [1.807, 2.05) is 6.92 Å². The summed E-state index contributed by atoms with van der Waals surface area (Å²) < 4.78 is 0. The molecule has 3 heterocycles. The molecule has 90 heavy (non-hydrogen) atoms. The van der Waals surface area contributed by atoms with Crippen molar-refractivity contribution in [2.24, 2.45) is 44.6 Å². The zero-order chi connectivity index (χ0) is 66.0. The molecular formula is C59H89N17O14. The first-order valence-electron chi connectivity index (χ1n) is 30.4. The topological polar surface area (TPSA) is 497 Å². The number of aliphatic carboxylic acids is 1. The highest BCUT2D eigenvalue weighted by Gasteiger charge is 2.45. The average Bonchev–Trinajstić information content (AvgIpc) is 1.81. The lowest BCUT2D eigenvalue weighted by Crippen LogP contribution is -2.60. The van der Waals surface area contributed by atoms with Crippen molar-refractivity contribution in [2.75, 3.05) is 52.5 Å². The molecule has 0 unspecified atom stereocenters. The lowest BCUT2D eigenvalue weighted by atomic mass is 9.99. The van der Waals surface area contributed by atoms with E-state index in [1.165, 1.54) is 14.7 Å². The Kier molecular flexibility index (Phi) is 28.6. The molecule has 3 aliphatic heterocycles. The molecule has 31 heteroatoms. The van der Waals surface area contributed by atoms with Crippen molar-refractivity contribution in [1.82, 2.24) is 51.9 Å². The number of carbonyl (C=O) groups is 11. The molecule has 0 aromatic heterocycles. The Bertz CT molecular complexity index is 2860. The minimum absolute atomic E-state index is 0.00466. The Morgan fingerprint density at radius 1 is 0.544 bits per heavy atom. The van der Waals surface area contributed by atoms with E-state index in [0.717, 1.165) is 0 Å². The van der Waals surface area contributed by atoms with Gasteiger partial charge in [0.05, 0.1) is 25.8 Å². The zero-order valence-corrected chi connectivity index (χ0v) is 50.9. The summed E-state index contributed by atoms with van der Waals surface area (Å²) in [5.74, 6) is -9.54. The van der Waals surface area contributed by atoms with Crippen molar-refractivity contribution in [3.05, 3.63) is 71.8 Å². The number of guanidine groups is 2. The lowest BCUT2D eigenvalue weighted by molar-refractivity contribution is -0.148. The summed E-state index contributed by atoms with van der Waals surface area (Å²) >= 11 is 0. The molecule has 0 bridgehead atoms. The van der Waals surface area contributed by atoms with Crippen LogP contribution in [-0.2, 0) is 65.6 Å². The van der Waals surface area contributed by atoms with Gasteiger partial charge in [0.25, 0.3) is 0 Å². The number of nitrogens with zero attached hydrogens (tertiary/aromatic N) is 5. The monoisotopic (exact) mass is 1260 g/mol. The predicted molar refractivity (Wildman–Crippen MR) is 328 cm³/mol. The minimum Gasteiger partial charge on any atom is -0.480 e. The molecule has 20 N–H and O–H groups in total. The molecule has 31 nitrogen and oxygen atoms in total. The molecule has 5 rings (SSSR count). The van der Waals surface area contributed by atoms with Gasteiger partial charge in [-0.2, -0.15) is 0 Å². The molecule has 0 radical (unpaired) electrons. The van der Waals surface area contributed by atoms with E-state index >= 15 is 0 Å². The SMILES string of the molecule is CC[C@H](C)[C@H](N)C(=O)N[C@@H](CO)C(=O)N[C@@H](CCCN=C(N)N)C(=O)N1CCC[C@@H]1C(=O)N1CCC[C@@H]1C(=O)NCC(=O)N[C@@H](Cc1ccccc1)C(=O)N[C@@H](CO)C(=O)N1CCC[C@@H]1C(=O)N[C@@H](Cc1ccccc1)C(=O)N[C@@H](CCCN=C(N)N)C(=O)O. The maximum Gasteiger partial charge on any atom is 0.326 e. The molecule has 0 aliphatic carbocycles. The molecule has 11 atom stereocenters. The summed E-state index contributed by atoms with van der Waals surface area (Å²) in [6, 6.07) is 4.43. The number of carbonyl (C=O) groups excluding carboxylic acids is 10. The van der Waals surface area contributed by atoms with E-state index in [1.54, 1.807) is 67.6 Å². The van der Waals surface area contributed by atoms with E-state index in [0.29, 0.717) is 36.8 Å². The number of likely N-dealkylation sites (tertiary alicyclic amines) is 3. The molecular weight excluding hydrogens is 1170 g/mol. The van der Waals surface area contributed by atoms with E-state index in [2.05, 4.69) is 47.2 Å². The summed E-state index contributed by atoms with van der Waals surface area (Å²) in [6.07, 6.45) is 2.43. The summed E-state index contributed by atoms with van der Waals surface area (Å²) in [4.78, 5) is 163. The third-order valence-electron chi connectivity index (χ3n) is 16.1. The Hall–Kier alpha value is -8.97. The van der Waals surface area contributed by atoms with Crippen LogP contribution in [0.25, 0.3) is 0 Å². The van der Waals surface area contributed by atoms with Crippen LogP contribution in [0.4, 0.5) is 0 Å². The molecule has 494 valence electrons.